The van der Waals surface area contributed by atoms with E-state index in [0.717, 1.165) is 32.5 Å². The van der Waals surface area contributed by atoms with E-state index in [2.05, 4.69) is 10.2 Å². The smallest absolute Gasteiger partial charge is 0.335 e. The van der Waals surface area contributed by atoms with Gasteiger partial charge < -0.3 is 15.3 Å². The van der Waals surface area contributed by atoms with Gasteiger partial charge in [-0.05, 0) is 43.5 Å². The third-order valence-electron chi connectivity index (χ3n) is 4.19. The maximum Gasteiger partial charge on any atom is 0.335 e. The molecule has 2 aliphatic heterocycles. The second-order valence-electron chi connectivity index (χ2n) is 5.39. The summed E-state index contributed by atoms with van der Waals surface area (Å²) in [4.78, 5) is 13.4. The molecule has 2 saturated heterocycles. The highest BCUT2D eigenvalue weighted by Crippen LogP contribution is 2.30. The molecule has 2 fully saturated rings. The van der Waals surface area contributed by atoms with Gasteiger partial charge in [0.25, 0.3) is 0 Å². The molecular weight excluding hydrogens is 247 g/mol. The molecule has 0 amide bonds. The number of anilines is 1. The Kier molecular flexibility index (Phi) is 3.14. The highest BCUT2D eigenvalue weighted by Gasteiger charge is 2.34. The van der Waals surface area contributed by atoms with Crippen LogP contribution in [0.4, 0.5) is 10.1 Å². The molecule has 3 atom stereocenters. The van der Waals surface area contributed by atoms with Gasteiger partial charge in [-0.1, -0.05) is 0 Å². The second-order valence-corrected chi connectivity index (χ2v) is 5.39. The predicted molar refractivity (Wildman–Crippen MR) is 69.9 cm³/mol. The van der Waals surface area contributed by atoms with Gasteiger partial charge in [-0.3, -0.25) is 0 Å². The maximum absolute atomic E-state index is 13.8. The molecule has 1 aromatic rings. The summed E-state index contributed by atoms with van der Waals surface area (Å²) in [6, 6.07) is 4.15. The Labute approximate surface area is 111 Å². The van der Waals surface area contributed by atoms with Crippen LogP contribution >= 0.6 is 0 Å². The number of rotatable bonds is 3. The fourth-order valence-electron chi connectivity index (χ4n) is 3.11. The van der Waals surface area contributed by atoms with Crippen LogP contribution in [0.3, 0.4) is 0 Å². The quantitative estimate of drug-likeness (QED) is 0.877. The first-order valence-corrected chi connectivity index (χ1v) is 6.65. The molecule has 0 spiro atoms. The number of carboxylic acid groups (broad SMARTS) is 1. The average molecular weight is 264 g/mol. The summed E-state index contributed by atoms with van der Waals surface area (Å²) in [5.41, 5.74) is 0.429. The Morgan fingerprint density at radius 2 is 2.16 bits per heavy atom. The van der Waals surface area contributed by atoms with Crippen LogP contribution in [0.2, 0.25) is 0 Å². The van der Waals surface area contributed by atoms with Gasteiger partial charge in [0.05, 0.1) is 11.3 Å². The maximum atomic E-state index is 13.8. The van der Waals surface area contributed by atoms with Gasteiger partial charge in [-0.25, -0.2) is 9.18 Å². The number of nitrogens with zero attached hydrogens (tertiary/aromatic N) is 1. The molecule has 1 aromatic carbocycles. The molecule has 19 heavy (non-hydrogen) atoms. The van der Waals surface area contributed by atoms with E-state index in [1.54, 1.807) is 0 Å². The number of carboxylic acids is 1. The standard InChI is InChI=1S/C14H17FN2O2/c15-11-2-1-9(14(18)19)7-13(11)16-12-4-6-17-5-3-10(12)8-17/h1-2,7,10,12,16H,3-6,8H2,(H,18,19). The number of benzene rings is 1. The summed E-state index contributed by atoms with van der Waals surface area (Å²) in [6.07, 6.45) is 2.12. The Hall–Kier alpha value is -1.62. The Morgan fingerprint density at radius 3 is 2.95 bits per heavy atom. The van der Waals surface area contributed by atoms with Crippen molar-refractivity contribution in [3.05, 3.63) is 29.6 Å². The summed E-state index contributed by atoms with van der Waals surface area (Å²) >= 11 is 0. The van der Waals surface area contributed by atoms with Crippen LogP contribution in [0.1, 0.15) is 23.2 Å². The van der Waals surface area contributed by atoms with Gasteiger partial charge in [0.2, 0.25) is 0 Å². The molecule has 0 saturated carbocycles. The van der Waals surface area contributed by atoms with E-state index >= 15 is 0 Å². The molecular formula is C14H17FN2O2. The van der Waals surface area contributed by atoms with Crippen molar-refractivity contribution in [1.29, 1.82) is 0 Å². The Morgan fingerprint density at radius 1 is 1.37 bits per heavy atom. The van der Waals surface area contributed by atoms with Gasteiger partial charge in [0.1, 0.15) is 5.82 Å². The van der Waals surface area contributed by atoms with Gasteiger partial charge in [0, 0.05) is 19.1 Å². The number of piperidine rings is 1. The zero-order valence-corrected chi connectivity index (χ0v) is 10.6. The van der Waals surface area contributed by atoms with E-state index < -0.39 is 5.97 Å². The first-order valence-electron chi connectivity index (χ1n) is 6.65. The molecule has 3 rings (SSSR count). The molecule has 102 valence electrons. The molecule has 5 heteroatoms. The number of hydrogen-bond acceptors (Lipinski definition) is 3. The van der Waals surface area contributed by atoms with Crippen molar-refractivity contribution in [2.75, 3.05) is 25.0 Å². The van der Waals surface area contributed by atoms with E-state index in [1.165, 1.54) is 18.2 Å². The molecule has 4 nitrogen and oxygen atoms in total. The first kappa shape index (κ1) is 12.4. The molecule has 2 aliphatic rings. The van der Waals surface area contributed by atoms with Crippen molar-refractivity contribution >= 4 is 11.7 Å². The summed E-state index contributed by atoms with van der Waals surface area (Å²) in [6.45, 7) is 3.23. The zero-order valence-electron chi connectivity index (χ0n) is 10.6. The predicted octanol–water partition coefficient (Wildman–Crippen LogP) is 2.03. The van der Waals surface area contributed by atoms with Gasteiger partial charge in [-0.15, -0.1) is 0 Å². The van der Waals surface area contributed by atoms with Crippen molar-refractivity contribution in [3.63, 3.8) is 0 Å². The molecule has 0 radical (unpaired) electrons. The number of hydrogen-bond donors (Lipinski definition) is 2. The Balaban J connectivity index is 1.78. The molecule has 2 heterocycles. The first-order chi connectivity index (χ1) is 9.13. The van der Waals surface area contributed by atoms with Crippen molar-refractivity contribution < 1.29 is 14.3 Å². The normalized spacial score (nSPS) is 29.2. The van der Waals surface area contributed by atoms with Crippen LogP contribution in [0.5, 0.6) is 0 Å². The zero-order chi connectivity index (χ0) is 13.4. The molecule has 3 unspecified atom stereocenters. The van der Waals surface area contributed by atoms with E-state index in [0.29, 0.717) is 11.6 Å². The van der Waals surface area contributed by atoms with Crippen LogP contribution in [-0.2, 0) is 0 Å². The van der Waals surface area contributed by atoms with Crippen molar-refractivity contribution in [1.82, 2.24) is 4.90 Å². The molecule has 2 bridgehead atoms. The largest absolute Gasteiger partial charge is 0.478 e. The highest BCUT2D eigenvalue weighted by atomic mass is 19.1. The van der Waals surface area contributed by atoms with Gasteiger partial charge in [-0.2, -0.15) is 0 Å². The lowest BCUT2D eigenvalue weighted by molar-refractivity contribution is 0.0697. The van der Waals surface area contributed by atoms with Crippen molar-refractivity contribution in [2.24, 2.45) is 5.92 Å². The number of nitrogens with one attached hydrogen (secondary N) is 1. The molecule has 0 aromatic heterocycles. The number of halogens is 1. The minimum absolute atomic E-state index is 0.118. The summed E-state index contributed by atoms with van der Waals surface area (Å²) in [5, 5.41) is 12.2. The monoisotopic (exact) mass is 264 g/mol. The van der Waals surface area contributed by atoms with E-state index in [4.69, 9.17) is 5.11 Å². The minimum atomic E-state index is -1.03. The lowest BCUT2D eigenvalue weighted by atomic mass is 9.94. The Bertz CT molecular complexity index is 506. The summed E-state index contributed by atoms with van der Waals surface area (Å²) in [5.74, 6) is -0.870. The minimum Gasteiger partial charge on any atom is -0.478 e. The van der Waals surface area contributed by atoms with Crippen LogP contribution < -0.4 is 5.32 Å². The fraction of sp³-hybridized carbons (Fsp3) is 0.500. The second kappa shape index (κ2) is 4.81. The fourth-order valence-corrected chi connectivity index (χ4v) is 3.11. The number of carbonyl (C=O) groups is 1. The van der Waals surface area contributed by atoms with E-state index in [-0.39, 0.29) is 17.4 Å². The van der Waals surface area contributed by atoms with Crippen LogP contribution in [0, 0.1) is 11.7 Å². The lowest BCUT2D eigenvalue weighted by Gasteiger charge is -2.31. The summed E-state index contributed by atoms with van der Waals surface area (Å²) < 4.78 is 13.8. The van der Waals surface area contributed by atoms with Gasteiger partial charge in [0.15, 0.2) is 0 Å². The van der Waals surface area contributed by atoms with E-state index in [1.807, 2.05) is 0 Å². The van der Waals surface area contributed by atoms with Crippen LogP contribution in [0.15, 0.2) is 18.2 Å². The number of aromatic carboxylic acids is 1. The molecule has 2 N–H and O–H groups in total. The molecule has 0 aliphatic carbocycles. The van der Waals surface area contributed by atoms with Crippen LogP contribution in [-0.4, -0.2) is 41.7 Å². The summed E-state index contributed by atoms with van der Waals surface area (Å²) in [7, 11) is 0. The van der Waals surface area contributed by atoms with E-state index in [9.17, 15) is 9.18 Å². The average Bonchev–Trinajstić information content (AvgIpc) is 2.78. The third-order valence-corrected chi connectivity index (χ3v) is 4.19. The topological polar surface area (TPSA) is 52.6 Å². The van der Waals surface area contributed by atoms with Gasteiger partial charge >= 0.3 is 5.97 Å². The van der Waals surface area contributed by atoms with Crippen molar-refractivity contribution in [2.45, 2.75) is 18.9 Å². The highest BCUT2D eigenvalue weighted by molar-refractivity contribution is 5.88. The van der Waals surface area contributed by atoms with Crippen LogP contribution in [0.25, 0.3) is 0 Å². The number of fused-ring (bicyclic) bond motifs is 2. The lowest BCUT2D eigenvalue weighted by Crippen LogP contribution is -2.39. The SMILES string of the molecule is O=C(O)c1ccc(F)c(NC2CCN3CCC2C3)c1. The third kappa shape index (κ3) is 2.42. The van der Waals surface area contributed by atoms with Crippen molar-refractivity contribution in [3.8, 4) is 0 Å².